The van der Waals surface area contributed by atoms with Gasteiger partial charge >= 0.3 is 6.09 Å². The number of pyridine rings is 1. The van der Waals surface area contributed by atoms with Crippen molar-refractivity contribution in [3.63, 3.8) is 0 Å². The zero-order valence-corrected chi connectivity index (χ0v) is 17.1. The first-order chi connectivity index (χ1) is 14.6. The molecule has 1 aromatic heterocycles. The number of β-amino-alcohol motifs (C(OH)–C–C–N with tert-alkyl or cyclic N) is 1. The van der Waals surface area contributed by atoms with E-state index in [4.69, 9.17) is 9.47 Å². The van der Waals surface area contributed by atoms with E-state index >= 15 is 0 Å². The zero-order chi connectivity index (χ0) is 20.9. The van der Waals surface area contributed by atoms with E-state index in [0.717, 1.165) is 35.8 Å². The van der Waals surface area contributed by atoms with Gasteiger partial charge in [-0.1, -0.05) is 12.1 Å². The fraction of sp³-hybridized carbons (Fsp3) is 0.455. The van der Waals surface area contributed by atoms with Crippen LogP contribution in [0.25, 0.3) is 0 Å². The van der Waals surface area contributed by atoms with Crippen LogP contribution in [-0.4, -0.2) is 61.2 Å². The number of aliphatic hydroxyl groups is 1. The molecule has 2 aliphatic heterocycles. The number of carbonyl (C=O) groups excluding carboxylic acids is 1. The summed E-state index contributed by atoms with van der Waals surface area (Å²) in [6, 6.07) is 11.4. The highest BCUT2D eigenvalue weighted by atomic mass is 16.6. The summed E-state index contributed by atoms with van der Waals surface area (Å²) in [4.78, 5) is 18.9. The van der Waals surface area contributed by atoms with E-state index in [2.05, 4.69) is 20.5 Å². The van der Waals surface area contributed by atoms with Gasteiger partial charge in [0.1, 0.15) is 23.8 Å². The second-order valence-corrected chi connectivity index (χ2v) is 7.72. The largest absolute Gasteiger partial charge is 0.497 e. The Morgan fingerprint density at radius 1 is 1.27 bits per heavy atom. The predicted molar refractivity (Wildman–Crippen MR) is 113 cm³/mol. The lowest BCUT2D eigenvalue weighted by atomic mass is 10.0. The molecule has 2 aromatic rings. The number of anilines is 1. The van der Waals surface area contributed by atoms with Gasteiger partial charge in [-0.15, -0.1) is 0 Å². The molecule has 3 atom stereocenters. The number of carbonyl (C=O) groups is 1. The molecule has 0 aliphatic carbocycles. The number of hydrogen-bond donors (Lipinski definition) is 3. The van der Waals surface area contributed by atoms with Gasteiger partial charge < -0.3 is 30.1 Å². The molecule has 0 saturated carbocycles. The van der Waals surface area contributed by atoms with Gasteiger partial charge in [0.15, 0.2) is 0 Å². The molecule has 160 valence electrons. The molecule has 2 saturated heterocycles. The van der Waals surface area contributed by atoms with E-state index in [-0.39, 0.29) is 6.04 Å². The topological polar surface area (TPSA) is 95.9 Å². The number of methoxy groups -OCH3 is 1. The molecule has 3 heterocycles. The average Bonchev–Trinajstić information content (AvgIpc) is 3.05. The van der Waals surface area contributed by atoms with Crippen LogP contribution in [0.15, 0.2) is 42.6 Å². The van der Waals surface area contributed by atoms with Crippen molar-refractivity contribution in [2.24, 2.45) is 0 Å². The molecule has 2 fully saturated rings. The highest BCUT2D eigenvalue weighted by Gasteiger charge is 2.37. The number of rotatable bonds is 7. The molecular formula is C22H28N4O4. The molecule has 4 rings (SSSR count). The Hall–Kier alpha value is -2.84. The lowest BCUT2D eigenvalue weighted by molar-refractivity contribution is 0.0188. The summed E-state index contributed by atoms with van der Waals surface area (Å²) in [5.74, 6) is 1.72. The maximum Gasteiger partial charge on any atom is 0.407 e. The molecule has 8 heteroatoms. The first-order valence-electron chi connectivity index (χ1n) is 10.3. The third-order valence-corrected chi connectivity index (χ3v) is 5.65. The number of benzene rings is 1. The molecular weight excluding hydrogens is 384 g/mol. The van der Waals surface area contributed by atoms with E-state index in [1.807, 2.05) is 36.4 Å². The van der Waals surface area contributed by atoms with Gasteiger partial charge in [0.2, 0.25) is 0 Å². The van der Waals surface area contributed by atoms with Crippen molar-refractivity contribution >= 4 is 11.9 Å². The fourth-order valence-electron chi connectivity index (χ4n) is 3.77. The maximum atomic E-state index is 12.4. The molecule has 0 spiro atoms. The van der Waals surface area contributed by atoms with Crippen LogP contribution in [0.5, 0.6) is 5.75 Å². The second kappa shape index (κ2) is 9.32. The molecule has 3 N–H and O–H groups in total. The van der Waals surface area contributed by atoms with Gasteiger partial charge in [-0.3, -0.25) is 0 Å². The van der Waals surface area contributed by atoms with Crippen molar-refractivity contribution in [1.29, 1.82) is 0 Å². The SMILES string of the molecule is COc1ccc(C[C@H]2NC[C@H](O)[C@H]2OC(=O)NCc2ccnc(N3CCC3)c2)cc1. The molecule has 0 unspecified atom stereocenters. The third-order valence-electron chi connectivity index (χ3n) is 5.65. The van der Waals surface area contributed by atoms with Gasteiger partial charge in [-0.05, 0) is 48.2 Å². The molecule has 30 heavy (non-hydrogen) atoms. The van der Waals surface area contributed by atoms with Crippen LogP contribution in [0.3, 0.4) is 0 Å². The smallest absolute Gasteiger partial charge is 0.407 e. The normalized spacial score (nSPS) is 23.0. The number of aromatic nitrogens is 1. The summed E-state index contributed by atoms with van der Waals surface area (Å²) in [7, 11) is 1.63. The summed E-state index contributed by atoms with van der Waals surface area (Å²) in [6.07, 6.45) is 1.70. The van der Waals surface area contributed by atoms with Gasteiger partial charge in [0.25, 0.3) is 0 Å². The number of aliphatic hydroxyl groups excluding tert-OH is 1. The Bertz CT molecular complexity index is 856. The van der Waals surface area contributed by atoms with Crippen molar-refractivity contribution in [2.45, 2.75) is 37.6 Å². The number of nitrogens with one attached hydrogen (secondary N) is 2. The van der Waals surface area contributed by atoms with E-state index < -0.39 is 18.3 Å². The average molecular weight is 412 g/mol. The predicted octanol–water partition coefficient (Wildman–Crippen LogP) is 1.47. The number of ether oxygens (including phenoxy) is 2. The number of alkyl carbamates (subject to hydrolysis) is 1. The van der Waals surface area contributed by atoms with Gasteiger partial charge in [-0.25, -0.2) is 9.78 Å². The standard InChI is InChI=1S/C22H28N4O4/c1-29-17-5-3-15(4-6-17)11-18-21(19(27)14-24-18)30-22(28)25-13-16-7-8-23-20(12-16)26-9-2-10-26/h3-8,12,18-19,21,24,27H,2,9-11,13-14H2,1H3,(H,25,28)/t18-,19+,21+/m1/s1. The van der Waals surface area contributed by atoms with E-state index in [9.17, 15) is 9.90 Å². The Balaban J connectivity index is 1.30. The zero-order valence-electron chi connectivity index (χ0n) is 17.1. The van der Waals surface area contributed by atoms with Crippen molar-refractivity contribution in [3.05, 3.63) is 53.7 Å². The Labute approximate surface area is 176 Å². The first kappa shape index (κ1) is 20.4. The molecule has 0 radical (unpaired) electrons. The van der Waals surface area contributed by atoms with Crippen molar-refractivity contribution < 1.29 is 19.4 Å². The fourth-order valence-corrected chi connectivity index (χ4v) is 3.77. The molecule has 8 nitrogen and oxygen atoms in total. The van der Waals surface area contributed by atoms with Gasteiger partial charge in [-0.2, -0.15) is 0 Å². The summed E-state index contributed by atoms with van der Waals surface area (Å²) >= 11 is 0. The Kier molecular flexibility index (Phi) is 6.35. The molecule has 2 aliphatic rings. The van der Waals surface area contributed by atoms with Crippen LogP contribution in [-0.2, 0) is 17.7 Å². The van der Waals surface area contributed by atoms with Crippen molar-refractivity contribution in [1.82, 2.24) is 15.6 Å². The van der Waals surface area contributed by atoms with Crippen LogP contribution in [0, 0.1) is 0 Å². The minimum Gasteiger partial charge on any atom is -0.497 e. The minimum absolute atomic E-state index is 0.155. The minimum atomic E-state index is -0.738. The lowest BCUT2D eigenvalue weighted by Gasteiger charge is -2.32. The van der Waals surface area contributed by atoms with E-state index in [0.29, 0.717) is 19.5 Å². The van der Waals surface area contributed by atoms with Crippen molar-refractivity contribution in [3.8, 4) is 5.75 Å². The van der Waals surface area contributed by atoms with E-state index in [1.54, 1.807) is 13.3 Å². The van der Waals surface area contributed by atoms with Gasteiger partial charge in [0, 0.05) is 32.4 Å². The molecule has 0 bridgehead atoms. The third kappa shape index (κ3) is 4.83. The summed E-state index contributed by atoms with van der Waals surface area (Å²) < 4.78 is 10.8. The van der Waals surface area contributed by atoms with Crippen LogP contribution in [0.4, 0.5) is 10.6 Å². The lowest BCUT2D eigenvalue weighted by Crippen LogP contribution is -2.41. The van der Waals surface area contributed by atoms with Crippen LogP contribution in [0.1, 0.15) is 17.5 Å². The Morgan fingerprint density at radius 2 is 2.07 bits per heavy atom. The number of nitrogens with zero attached hydrogens (tertiary/aromatic N) is 2. The van der Waals surface area contributed by atoms with E-state index in [1.165, 1.54) is 6.42 Å². The molecule has 1 amide bonds. The van der Waals surface area contributed by atoms with Crippen LogP contribution >= 0.6 is 0 Å². The van der Waals surface area contributed by atoms with Gasteiger partial charge in [0.05, 0.1) is 13.2 Å². The number of amides is 1. The monoisotopic (exact) mass is 412 g/mol. The maximum absolute atomic E-state index is 12.4. The summed E-state index contributed by atoms with van der Waals surface area (Å²) in [5.41, 5.74) is 2.04. The Morgan fingerprint density at radius 3 is 2.77 bits per heavy atom. The van der Waals surface area contributed by atoms with Crippen LogP contribution in [0.2, 0.25) is 0 Å². The van der Waals surface area contributed by atoms with Crippen LogP contribution < -0.4 is 20.3 Å². The first-order valence-corrected chi connectivity index (χ1v) is 10.3. The molecule has 1 aromatic carbocycles. The van der Waals surface area contributed by atoms with Crippen molar-refractivity contribution in [2.75, 3.05) is 31.6 Å². The summed E-state index contributed by atoms with van der Waals surface area (Å²) in [5, 5.41) is 16.3. The highest BCUT2D eigenvalue weighted by Crippen LogP contribution is 2.20. The highest BCUT2D eigenvalue weighted by molar-refractivity contribution is 5.67. The number of hydrogen-bond acceptors (Lipinski definition) is 7. The second-order valence-electron chi connectivity index (χ2n) is 7.72. The summed E-state index contributed by atoms with van der Waals surface area (Å²) in [6.45, 7) is 2.78. The quantitative estimate of drug-likeness (QED) is 0.634.